The van der Waals surface area contributed by atoms with Crippen LogP contribution in [0.25, 0.3) is 11.3 Å². The molecule has 0 fully saturated rings. The Balaban J connectivity index is 2.45. The molecule has 17 heavy (non-hydrogen) atoms. The molecule has 0 radical (unpaired) electrons. The van der Waals surface area contributed by atoms with Gasteiger partial charge in [-0.1, -0.05) is 23.2 Å². The molecule has 0 amide bonds. The Kier molecular flexibility index (Phi) is 3.72. The number of rotatable bonds is 3. The molecule has 0 aliphatic heterocycles. The van der Waals surface area contributed by atoms with Crippen LogP contribution in [0.2, 0.25) is 10.0 Å². The second-order valence-electron chi connectivity index (χ2n) is 4.03. The minimum Gasteiger partial charge on any atom is -0.329 e. The van der Waals surface area contributed by atoms with Crippen molar-refractivity contribution in [2.75, 3.05) is 0 Å². The van der Waals surface area contributed by atoms with E-state index >= 15 is 0 Å². The van der Waals surface area contributed by atoms with Crippen LogP contribution in [-0.4, -0.2) is 15.6 Å². The van der Waals surface area contributed by atoms with Crippen LogP contribution in [0.5, 0.6) is 0 Å². The number of hydrogen-bond donors (Lipinski definition) is 1. The molecule has 1 aromatic carbocycles. The lowest BCUT2D eigenvalue weighted by molar-refractivity contribution is 0.593. The van der Waals surface area contributed by atoms with Crippen LogP contribution < -0.4 is 5.73 Å². The van der Waals surface area contributed by atoms with E-state index in [1.807, 2.05) is 17.6 Å². The van der Waals surface area contributed by atoms with Gasteiger partial charge in [0, 0.05) is 23.2 Å². The van der Waals surface area contributed by atoms with E-state index in [1.54, 1.807) is 24.7 Å². The van der Waals surface area contributed by atoms with E-state index in [2.05, 4.69) is 4.98 Å². The van der Waals surface area contributed by atoms with Gasteiger partial charge in [-0.15, -0.1) is 0 Å². The van der Waals surface area contributed by atoms with Crippen molar-refractivity contribution < 1.29 is 0 Å². The van der Waals surface area contributed by atoms with Gasteiger partial charge in [0.15, 0.2) is 0 Å². The van der Waals surface area contributed by atoms with Gasteiger partial charge < -0.3 is 10.3 Å². The van der Waals surface area contributed by atoms with Crippen LogP contribution in [0.15, 0.2) is 30.7 Å². The zero-order valence-electron chi connectivity index (χ0n) is 9.40. The molecule has 2 rings (SSSR count). The molecule has 5 heteroatoms. The average molecular weight is 270 g/mol. The van der Waals surface area contributed by atoms with E-state index in [0.29, 0.717) is 16.6 Å². The summed E-state index contributed by atoms with van der Waals surface area (Å²) in [6.07, 6.45) is 3.51. The van der Waals surface area contributed by atoms with E-state index in [0.717, 1.165) is 11.3 Å². The van der Waals surface area contributed by atoms with Crippen LogP contribution in [0.3, 0.4) is 0 Å². The molecule has 0 spiro atoms. The van der Waals surface area contributed by atoms with Crippen molar-refractivity contribution in [1.82, 2.24) is 9.55 Å². The van der Waals surface area contributed by atoms with Gasteiger partial charge in [-0.05, 0) is 25.1 Å². The number of benzene rings is 1. The summed E-state index contributed by atoms with van der Waals surface area (Å²) in [6.45, 7) is 2.64. The van der Waals surface area contributed by atoms with Crippen LogP contribution in [0.4, 0.5) is 0 Å². The van der Waals surface area contributed by atoms with E-state index in [4.69, 9.17) is 28.9 Å². The zero-order chi connectivity index (χ0) is 12.4. The van der Waals surface area contributed by atoms with Gasteiger partial charge in [0.05, 0.1) is 23.2 Å². The molecule has 2 N–H and O–H groups in total. The SMILES string of the molecule is CC(N)Cn1cncc1-c1cc(Cl)ccc1Cl. The van der Waals surface area contributed by atoms with Crippen LogP contribution in [-0.2, 0) is 6.54 Å². The highest BCUT2D eigenvalue weighted by Crippen LogP contribution is 2.30. The summed E-state index contributed by atoms with van der Waals surface area (Å²) in [6, 6.07) is 5.43. The normalized spacial score (nSPS) is 12.7. The Morgan fingerprint density at radius 2 is 2.18 bits per heavy atom. The smallest absolute Gasteiger partial charge is 0.0951 e. The van der Waals surface area contributed by atoms with Crippen molar-refractivity contribution in [3.05, 3.63) is 40.8 Å². The standard InChI is InChI=1S/C12H13Cl2N3/c1-8(15)6-17-7-16-5-12(17)10-4-9(13)2-3-11(10)14/h2-5,7-8H,6,15H2,1H3. The predicted molar refractivity (Wildman–Crippen MR) is 71.3 cm³/mol. The molecule has 0 saturated carbocycles. The molecule has 1 heterocycles. The first kappa shape index (κ1) is 12.4. The predicted octanol–water partition coefficient (Wildman–Crippen LogP) is 3.20. The highest BCUT2D eigenvalue weighted by Gasteiger charge is 2.10. The van der Waals surface area contributed by atoms with E-state index in [1.165, 1.54) is 0 Å². The Bertz CT molecular complexity index is 520. The number of halogens is 2. The molecule has 1 unspecified atom stereocenters. The van der Waals surface area contributed by atoms with Crippen molar-refractivity contribution >= 4 is 23.2 Å². The molecule has 90 valence electrons. The number of nitrogens with zero attached hydrogens (tertiary/aromatic N) is 2. The van der Waals surface area contributed by atoms with Crippen molar-refractivity contribution in [3.8, 4) is 11.3 Å². The quantitative estimate of drug-likeness (QED) is 0.930. The molecule has 0 aliphatic rings. The molecule has 0 bridgehead atoms. The minimum absolute atomic E-state index is 0.0564. The maximum absolute atomic E-state index is 6.17. The van der Waals surface area contributed by atoms with Gasteiger partial charge in [0.2, 0.25) is 0 Å². The Morgan fingerprint density at radius 3 is 2.88 bits per heavy atom. The second kappa shape index (κ2) is 5.08. The number of aromatic nitrogens is 2. The van der Waals surface area contributed by atoms with E-state index in [9.17, 15) is 0 Å². The van der Waals surface area contributed by atoms with Gasteiger partial charge in [-0.2, -0.15) is 0 Å². The van der Waals surface area contributed by atoms with Crippen molar-refractivity contribution in [3.63, 3.8) is 0 Å². The van der Waals surface area contributed by atoms with E-state index in [-0.39, 0.29) is 6.04 Å². The topological polar surface area (TPSA) is 43.8 Å². The number of imidazole rings is 1. The fraction of sp³-hybridized carbons (Fsp3) is 0.250. The summed E-state index contributed by atoms with van der Waals surface area (Å²) in [5.41, 5.74) is 7.59. The van der Waals surface area contributed by atoms with Gasteiger partial charge in [-0.3, -0.25) is 0 Å². The molecular formula is C12H13Cl2N3. The summed E-state index contributed by atoms with van der Waals surface area (Å²) in [4.78, 5) is 4.13. The summed E-state index contributed by atoms with van der Waals surface area (Å²) in [7, 11) is 0. The van der Waals surface area contributed by atoms with Gasteiger partial charge in [-0.25, -0.2) is 4.98 Å². The first-order chi connectivity index (χ1) is 8.08. The highest BCUT2D eigenvalue weighted by atomic mass is 35.5. The third-order valence-electron chi connectivity index (χ3n) is 2.40. The average Bonchev–Trinajstić information content (AvgIpc) is 2.69. The first-order valence-corrected chi connectivity index (χ1v) is 6.04. The summed E-state index contributed by atoms with van der Waals surface area (Å²) >= 11 is 12.1. The maximum Gasteiger partial charge on any atom is 0.0951 e. The lowest BCUT2D eigenvalue weighted by Crippen LogP contribution is -2.22. The zero-order valence-corrected chi connectivity index (χ0v) is 10.9. The van der Waals surface area contributed by atoms with Crippen molar-refractivity contribution in [2.45, 2.75) is 19.5 Å². The van der Waals surface area contributed by atoms with Gasteiger partial charge >= 0.3 is 0 Å². The minimum atomic E-state index is 0.0564. The van der Waals surface area contributed by atoms with Crippen molar-refractivity contribution in [1.29, 1.82) is 0 Å². The molecule has 1 aromatic heterocycles. The molecule has 1 atom stereocenters. The third kappa shape index (κ3) is 2.80. The maximum atomic E-state index is 6.17. The van der Waals surface area contributed by atoms with Crippen LogP contribution in [0, 0.1) is 0 Å². The van der Waals surface area contributed by atoms with Crippen LogP contribution >= 0.6 is 23.2 Å². The second-order valence-corrected chi connectivity index (χ2v) is 4.88. The Hall–Kier alpha value is -1.03. The molecule has 0 saturated heterocycles. The largest absolute Gasteiger partial charge is 0.329 e. The lowest BCUT2D eigenvalue weighted by atomic mass is 10.1. The number of hydrogen-bond acceptors (Lipinski definition) is 2. The van der Waals surface area contributed by atoms with Crippen molar-refractivity contribution in [2.24, 2.45) is 5.73 Å². The van der Waals surface area contributed by atoms with Crippen LogP contribution in [0.1, 0.15) is 6.92 Å². The summed E-state index contributed by atoms with van der Waals surface area (Å²) in [5.74, 6) is 0. The fourth-order valence-electron chi connectivity index (χ4n) is 1.69. The van der Waals surface area contributed by atoms with Gasteiger partial charge in [0.1, 0.15) is 0 Å². The van der Waals surface area contributed by atoms with E-state index < -0.39 is 0 Å². The lowest BCUT2D eigenvalue weighted by Gasteiger charge is -2.11. The molecule has 2 aromatic rings. The molecule has 0 aliphatic carbocycles. The number of nitrogens with two attached hydrogens (primary N) is 1. The first-order valence-electron chi connectivity index (χ1n) is 5.29. The third-order valence-corrected chi connectivity index (χ3v) is 2.97. The molecule has 3 nitrogen and oxygen atoms in total. The molecular weight excluding hydrogens is 257 g/mol. The van der Waals surface area contributed by atoms with Gasteiger partial charge in [0.25, 0.3) is 0 Å². The summed E-state index contributed by atoms with van der Waals surface area (Å²) in [5, 5.41) is 1.30. The fourth-order valence-corrected chi connectivity index (χ4v) is 2.08. The highest BCUT2D eigenvalue weighted by molar-refractivity contribution is 6.35. The Morgan fingerprint density at radius 1 is 1.41 bits per heavy atom. The Labute approximate surface area is 110 Å². The monoisotopic (exact) mass is 269 g/mol. The summed E-state index contributed by atoms with van der Waals surface area (Å²) < 4.78 is 1.97.